The van der Waals surface area contributed by atoms with Crippen LogP contribution in [0.4, 0.5) is 0 Å². The Morgan fingerprint density at radius 2 is 2.00 bits per heavy atom. The average Bonchev–Trinajstić information content (AvgIpc) is 2.56. The second kappa shape index (κ2) is 6.91. The van der Waals surface area contributed by atoms with Crippen LogP contribution >= 0.6 is 0 Å². The molecule has 0 radical (unpaired) electrons. The highest BCUT2D eigenvalue weighted by atomic mass is 15.1. The van der Waals surface area contributed by atoms with Gasteiger partial charge in [0.05, 0.1) is 0 Å². The van der Waals surface area contributed by atoms with Crippen LogP contribution in [-0.4, -0.2) is 30.6 Å². The first-order chi connectivity index (χ1) is 8.74. The van der Waals surface area contributed by atoms with Crippen LogP contribution in [0.5, 0.6) is 0 Å². The molecule has 1 saturated heterocycles. The summed E-state index contributed by atoms with van der Waals surface area (Å²) in [5.74, 6) is 0.889. The molecule has 1 heterocycles. The minimum absolute atomic E-state index is 0.265. The van der Waals surface area contributed by atoms with E-state index in [-0.39, 0.29) is 6.04 Å². The third-order valence-electron chi connectivity index (χ3n) is 3.94. The van der Waals surface area contributed by atoms with E-state index in [1.54, 1.807) is 0 Å². The van der Waals surface area contributed by atoms with Gasteiger partial charge in [0.1, 0.15) is 0 Å². The number of likely N-dealkylation sites (tertiary alicyclic amines) is 1. The fourth-order valence-electron chi connectivity index (χ4n) is 2.82. The summed E-state index contributed by atoms with van der Waals surface area (Å²) in [4.78, 5) is 2.55. The molecule has 2 unspecified atom stereocenters. The Bertz CT molecular complexity index is 336. The minimum Gasteiger partial charge on any atom is -0.326 e. The number of hydrogen-bond donors (Lipinski definition) is 1. The van der Waals surface area contributed by atoms with Gasteiger partial charge in [0.15, 0.2) is 0 Å². The molecule has 2 nitrogen and oxygen atoms in total. The van der Waals surface area contributed by atoms with Crippen molar-refractivity contribution in [3.8, 4) is 0 Å². The predicted octanol–water partition coefficient (Wildman–Crippen LogP) is 2.68. The zero-order valence-corrected chi connectivity index (χ0v) is 11.5. The van der Waals surface area contributed by atoms with Crippen LogP contribution in [0.1, 0.15) is 31.7 Å². The maximum absolute atomic E-state index is 6.28. The summed E-state index contributed by atoms with van der Waals surface area (Å²) in [7, 11) is 0. The molecule has 18 heavy (non-hydrogen) atoms. The first-order valence-corrected chi connectivity index (χ1v) is 7.26. The summed E-state index contributed by atoms with van der Waals surface area (Å²) >= 11 is 0. The second-order valence-electron chi connectivity index (χ2n) is 5.79. The standard InChI is InChI=1S/C16H26N2/c1-14-6-5-10-18(11-9-14)13-16(17)12-15-7-3-2-4-8-15/h2-4,7-8,14,16H,5-6,9-13,17H2,1H3. The largest absolute Gasteiger partial charge is 0.326 e. The molecule has 0 saturated carbocycles. The van der Waals surface area contributed by atoms with Crippen molar-refractivity contribution >= 4 is 0 Å². The van der Waals surface area contributed by atoms with E-state index in [9.17, 15) is 0 Å². The number of rotatable bonds is 4. The lowest BCUT2D eigenvalue weighted by molar-refractivity contribution is 0.263. The van der Waals surface area contributed by atoms with Crippen molar-refractivity contribution in [1.82, 2.24) is 4.90 Å². The van der Waals surface area contributed by atoms with Gasteiger partial charge in [-0.1, -0.05) is 37.3 Å². The Labute approximate surface area is 111 Å². The Hall–Kier alpha value is -0.860. The van der Waals surface area contributed by atoms with Crippen molar-refractivity contribution in [2.24, 2.45) is 11.7 Å². The Morgan fingerprint density at radius 3 is 2.78 bits per heavy atom. The van der Waals surface area contributed by atoms with E-state index < -0.39 is 0 Å². The quantitative estimate of drug-likeness (QED) is 0.885. The maximum Gasteiger partial charge on any atom is 0.0208 e. The van der Waals surface area contributed by atoms with Crippen LogP contribution in [0, 0.1) is 5.92 Å². The topological polar surface area (TPSA) is 29.3 Å². The fraction of sp³-hybridized carbons (Fsp3) is 0.625. The molecular weight excluding hydrogens is 220 g/mol. The molecule has 0 bridgehead atoms. The van der Waals surface area contributed by atoms with Crippen LogP contribution in [0.25, 0.3) is 0 Å². The molecule has 0 spiro atoms. The molecule has 1 fully saturated rings. The monoisotopic (exact) mass is 246 g/mol. The molecule has 0 amide bonds. The molecule has 1 aliphatic heterocycles. The van der Waals surface area contributed by atoms with Crippen molar-refractivity contribution in [2.45, 2.75) is 38.6 Å². The molecular formula is C16H26N2. The van der Waals surface area contributed by atoms with E-state index >= 15 is 0 Å². The molecule has 2 N–H and O–H groups in total. The summed E-state index contributed by atoms with van der Waals surface area (Å²) in [6.45, 7) is 5.87. The van der Waals surface area contributed by atoms with Gasteiger partial charge in [0.2, 0.25) is 0 Å². The van der Waals surface area contributed by atoms with Crippen LogP contribution in [0.2, 0.25) is 0 Å². The zero-order chi connectivity index (χ0) is 12.8. The average molecular weight is 246 g/mol. The van der Waals surface area contributed by atoms with Crippen molar-refractivity contribution in [1.29, 1.82) is 0 Å². The van der Waals surface area contributed by atoms with Crippen molar-refractivity contribution in [3.63, 3.8) is 0 Å². The summed E-state index contributed by atoms with van der Waals surface area (Å²) in [5.41, 5.74) is 7.64. The molecule has 100 valence electrons. The van der Waals surface area contributed by atoms with E-state index in [1.807, 2.05) is 0 Å². The Balaban J connectivity index is 1.78. The third-order valence-corrected chi connectivity index (χ3v) is 3.94. The summed E-state index contributed by atoms with van der Waals surface area (Å²) in [5, 5.41) is 0. The van der Waals surface area contributed by atoms with E-state index in [2.05, 4.69) is 42.2 Å². The van der Waals surface area contributed by atoms with Crippen LogP contribution in [-0.2, 0) is 6.42 Å². The van der Waals surface area contributed by atoms with Crippen molar-refractivity contribution in [2.75, 3.05) is 19.6 Å². The van der Waals surface area contributed by atoms with Gasteiger partial charge in [-0.05, 0) is 50.3 Å². The highest BCUT2D eigenvalue weighted by Crippen LogP contribution is 2.16. The molecule has 2 atom stereocenters. The van der Waals surface area contributed by atoms with Gasteiger partial charge in [-0.3, -0.25) is 0 Å². The van der Waals surface area contributed by atoms with Gasteiger partial charge in [-0.15, -0.1) is 0 Å². The summed E-state index contributed by atoms with van der Waals surface area (Å²) in [6, 6.07) is 10.9. The Kier molecular flexibility index (Phi) is 5.21. The highest BCUT2D eigenvalue weighted by molar-refractivity contribution is 5.15. The minimum atomic E-state index is 0.265. The van der Waals surface area contributed by atoms with Crippen molar-refractivity contribution in [3.05, 3.63) is 35.9 Å². The van der Waals surface area contributed by atoms with Crippen LogP contribution in [0.15, 0.2) is 30.3 Å². The second-order valence-corrected chi connectivity index (χ2v) is 5.79. The zero-order valence-electron chi connectivity index (χ0n) is 11.5. The number of nitrogens with two attached hydrogens (primary N) is 1. The number of benzene rings is 1. The lowest BCUT2D eigenvalue weighted by Crippen LogP contribution is -2.39. The molecule has 1 aliphatic rings. The molecule has 1 aromatic carbocycles. The van der Waals surface area contributed by atoms with Gasteiger partial charge >= 0.3 is 0 Å². The number of hydrogen-bond acceptors (Lipinski definition) is 2. The van der Waals surface area contributed by atoms with Crippen LogP contribution < -0.4 is 5.73 Å². The smallest absolute Gasteiger partial charge is 0.0208 e. The Morgan fingerprint density at radius 1 is 1.22 bits per heavy atom. The summed E-state index contributed by atoms with van der Waals surface area (Å²) < 4.78 is 0. The first kappa shape index (κ1) is 13.6. The van der Waals surface area contributed by atoms with Crippen LogP contribution in [0.3, 0.4) is 0 Å². The van der Waals surface area contributed by atoms with E-state index in [1.165, 1.54) is 37.9 Å². The molecule has 2 heteroatoms. The van der Waals surface area contributed by atoms with Gasteiger partial charge in [-0.2, -0.15) is 0 Å². The molecule has 2 rings (SSSR count). The van der Waals surface area contributed by atoms with E-state index in [0.29, 0.717) is 0 Å². The normalized spacial score (nSPS) is 23.6. The lowest BCUT2D eigenvalue weighted by Gasteiger charge is -2.24. The molecule has 0 aliphatic carbocycles. The fourth-order valence-corrected chi connectivity index (χ4v) is 2.82. The molecule has 1 aromatic rings. The highest BCUT2D eigenvalue weighted by Gasteiger charge is 2.16. The maximum atomic E-state index is 6.28. The predicted molar refractivity (Wildman–Crippen MR) is 77.6 cm³/mol. The summed E-state index contributed by atoms with van der Waals surface area (Å²) in [6.07, 6.45) is 5.04. The lowest BCUT2D eigenvalue weighted by atomic mass is 10.0. The van der Waals surface area contributed by atoms with Gasteiger partial charge in [0.25, 0.3) is 0 Å². The number of nitrogens with zero attached hydrogens (tertiary/aromatic N) is 1. The van der Waals surface area contributed by atoms with Gasteiger partial charge in [-0.25, -0.2) is 0 Å². The van der Waals surface area contributed by atoms with Gasteiger partial charge < -0.3 is 10.6 Å². The van der Waals surface area contributed by atoms with Gasteiger partial charge in [0, 0.05) is 12.6 Å². The third kappa shape index (κ3) is 4.43. The first-order valence-electron chi connectivity index (χ1n) is 7.26. The molecule has 0 aromatic heterocycles. The van der Waals surface area contributed by atoms with E-state index in [4.69, 9.17) is 5.73 Å². The van der Waals surface area contributed by atoms with E-state index in [0.717, 1.165) is 18.9 Å². The van der Waals surface area contributed by atoms with Crippen molar-refractivity contribution < 1.29 is 0 Å². The SMILES string of the molecule is CC1CCCN(CC(N)Cc2ccccc2)CC1.